The standard InChI is InChI=1S/C22H24N2O4S/c1-16-5-7-18(28-16)13-23(2)22(25)15-24(14-19-4-3-11-29-19)17-6-8-20-21(12-17)27-10-9-26-20/h3-8,11-12H,9-10,13-15H2,1-2H3. The second-order valence-electron chi connectivity index (χ2n) is 7.03. The average molecular weight is 413 g/mol. The van der Waals surface area contributed by atoms with Crippen molar-refractivity contribution >= 4 is 22.9 Å². The van der Waals surface area contributed by atoms with Crippen LogP contribution in [0, 0.1) is 6.92 Å². The maximum atomic E-state index is 12.9. The molecular weight excluding hydrogens is 388 g/mol. The Balaban J connectivity index is 1.51. The van der Waals surface area contributed by atoms with Gasteiger partial charge in [-0.1, -0.05) is 6.07 Å². The molecule has 29 heavy (non-hydrogen) atoms. The average Bonchev–Trinajstić information content (AvgIpc) is 3.38. The Morgan fingerprint density at radius 2 is 1.90 bits per heavy atom. The van der Waals surface area contributed by atoms with Crippen LogP contribution in [0.1, 0.15) is 16.4 Å². The third-order valence-electron chi connectivity index (χ3n) is 4.76. The highest BCUT2D eigenvalue weighted by Crippen LogP contribution is 2.34. The SMILES string of the molecule is Cc1ccc(CN(C)C(=O)CN(Cc2cccs2)c2ccc3c(c2)OCCO3)o1. The smallest absolute Gasteiger partial charge is 0.242 e. The minimum absolute atomic E-state index is 0.0190. The number of hydrogen-bond donors (Lipinski definition) is 0. The number of nitrogens with zero attached hydrogens (tertiary/aromatic N) is 2. The van der Waals surface area contributed by atoms with E-state index in [1.165, 1.54) is 4.88 Å². The maximum absolute atomic E-state index is 12.9. The second kappa shape index (κ2) is 8.61. The highest BCUT2D eigenvalue weighted by Gasteiger charge is 2.20. The van der Waals surface area contributed by atoms with Gasteiger partial charge in [-0.25, -0.2) is 0 Å². The van der Waals surface area contributed by atoms with E-state index in [4.69, 9.17) is 13.9 Å². The number of ether oxygens (including phenoxy) is 2. The molecule has 1 aromatic carbocycles. The van der Waals surface area contributed by atoms with Gasteiger partial charge in [0.05, 0.1) is 19.6 Å². The number of hydrogen-bond acceptors (Lipinski definition) is 6. The lowest BCUT2D eigenvalue weighted by Gasteiger charge is -2.28. The molecule has 152 valence electrons. The van der Waals surface area contributed by atoms with E-state index in [1.807, 2.05) is 48.7 Å². The fourth-order valence-corrected chi connectivity index (χ4v) is 3.95. The van der Waals surface area contributed by atoms with Crippen molar-refractivity contribution in [2.24, 2.45) is 0 Å². The number of rotatable bonds is 7. The van der Waals surface area contributed by atoms with Gasteiger partial charge in [-0.3, -0.25) is 4.79 Å². The summed E-state index contributed by atoms with van der Waals surface area (Å²) in [4.78, 5) is 17.9. The molecule has 0 radical (unpaired) electrons. The van der Waals surface area contributed by atoms with Crippen molar-refractivity contribution < 1.29 is 18.7 Å². The van der Waals surface area contributed by atoms with Crippen LogP contribution in [-0.2, 0) is 17.9 Å². The van der Waals surface area contributed by atoms with Gasteiger partial charge in [-0.15, -0.1) is 11.3 Å². The molecule has 0 unspecified atom stereocenters. The van der Waals surface area contributed by atoms with Gasteiger partial charge < -0.3 is 23.7 Å². The van der Waals surface area contributed by atoms with E-state index in [1.54, 1.807) is 23.3 Å². The van der Waals surface area contributed by atoms with Gasteiger partial charge >= 0.3 is 0 Å². The first-order valence-electron chi connectivity index (χ1n) is 9.55. The summed E-state index contributed by atoms with van der Waals surface area (Å²) in [5.74, 6) is 3.11. The van der Waals surface area contributed by atoms with E-state index >= 15 is 0 Å². The molecule has 0 aliphatic carbocycles. The summed E-state index contributed by atoms with van der Waals surface area (Å²) in [6.45, 7) is 4.34. The van der Waals surface area contributed by atoms with Crippen LogP contribution in [0.25, 0.3) is 0 Å². The molecule has 3 heterocycles. The van der Waals surface area contributed by atoms with Crippen molar-refractivity contribution in [2.45, 2.75) is 20.0 Å². The van der Waals surface area contributed by atoms with Gasteiger partial charge in [0.2, 0.25) is 5.91 Å². The van der Waals surface area contributed by atoms with Gasteiger partial charge in [0, 0.05) is 23.7 Å². The number of thiophene rings is 1. The molecule has 6 nitrogen and oxygen atoms in total. The normalized spacial score (nSPS) is 12.6. The zero-order chi connectivity index (χ0) is 20.2. The summed E-state index contributed by atoms with van der Waals surface area (Å²) in [6, 6.07) is 13.8. The molecule has 0 N–H and O–H groups in total. The Morgan fingerprint density at radius 1 is 1.07 bits per heavy atom. The van der Waals surface area contributed by atoms with Crippen LogP contribution >= 0.6 is 11.3 Å². The third-order valence-corrected chi connectivity index (χ3v) is 5.62. The van der Waals surface area contributed by atoms with Gasteiger partial charge in [-0.2, -0.15) is 0 Å². The lowest BCUT2D eigenvalue weighted by molar-refractivity contribution is -0.129. The second-order valence-corrected chi connectivity index (χ2v) is 8.06. The maximum Gasteiger partial charge on any atom is 0.242 e. The van der Waals surface area contributed by atoms with E-state index in [0.717, 1.165) is 28.7 Å². The molecule has 1 aliphatic heterocycles. The van der Waals surface area contributed by atoms with Crippen LogP contribution in [0.3, 0.4) is 0 Å². The molecule has 2 aromatic heterocycles. The number of carbonyl (C=O) groups excluding carboxylic acids is 1. The Morgan fingerprint density at radius 3 is 2.62 bits per heavy atom. The fraction of sp³-hybridized carbons (Fsp3) is 0.318. The Bertz CT molecular complexity index is 967. The molecule has 0 saturated heterocycles. The van der Waals surface area contributed by atoms with Crippen molar-refractivity contribution in [3.63, 3.8) is 0 Å². The van der Waals surface area contributed by atoms with Crippen molar-refractivity contribution in [3.8, 4) is 11.5 Å². The third kappa shape index (κ3) is 4.74. The van der Waals surface area contributed by atoms with Gasteiger partial charge in [0.1, 0.15) is 24.7 Å². The minimum Gasteiger partial charge on any atom is -0.486 e. The van der Waals surface area contributed by atoms with E-state index in [2.05, 4.69) is 11.0 Å². The predicted octanol–water partition coefficient (Wildman–Crippen LogP) is 4.09. The van der Waals surface area contributed by atoms with E-state index in [0.29, 0.717) is 26.3 Å². The molecule has 0 bridgehead atoms. The monoisotopic (exact) mass is 412 g/mol. The number of fused-ring (bicyclic) bond motifs is 1. The molecular formula is C22H24N2O4S. The van der Waals surface area contributed by atoms with E-state index in [9.17, 15) is 4.79 Å². The highest BCUT2D eigenvalue weighted by molar-refractivity contribution is 7.09. The molecule has 0 spiro atoms. The molecule has 4 rings (SSSR count). The topological polar surface area (TPSA) is 55.2 Å². The lowest BCUT2D eigenvalue weighted by atomic mass is 10.2. The van der Waals surface area contributed by atoms with Crippen LogP contribution in [0.2, 0.25) is 0 Å². The number of aryl methyl sites for hydroxylation is 1. The van der Waals surface area contributed by atoms with Gasteiger partial charge in [0.15, 0.2) is 11.5 Å². The van der Waals surface area contributed by atoms with Crippen molar-refractivity contribution in [1.29, 1.82) is 0 Å². The number of carbonyl (C=O) groups is 1. The molecule has 0 atom stereocenters. The van der Waals surface area contributed by atoms with E-state index in [-0.39, 0.29) is 12.5 Å². The molecule has 1 amide bonds. The summed E-state index contributed by atoms with van der Waals surface area (Å²) in [7, 11) is 1.80. The first-order valence-corrected chi connectivity index (χ1v) is 10.4. The number of likely N-dealkylation sites (N-methyl/N-ethyl adjacent to an activating group) is 1. The number of amides is 1. The van der Waals surface area contributed by atoms with Crippen LogP contribution in [0.15, 0.2) is 52.3 Å². The Hall–Kier alpha value is -2.93. The largest absolute Gasteiger partial charge is 0.486 e. The fourth-order valence-electron chi connectivity index (χ4n) is 3.23. The van der Waals surface area contributed by atoms with Crippen LogP contribution < -0.4 is 14.4 Å². The number of anilines is 1. The van der Waals surface area contributed by atoms with Crippen LogP contribution in [0.5, 0.6) is 11.5 Å². The molecule has 7 heteroatoms. The predicted molar refractivity (Wildman–Crippen MR) is 113 cm³/mol. The lowest BCUT2D eigenvalue weighted by Crippen LogP contribution is -2.37. The Labute approximate surface area is 174 Å². The van der Waals surface area contributed by atoms with Crippen LogP contribution in [0.4, 0.5) is 5.69 Å². The summed E-state index contributed by atoms with van der Waals surface area (Å²) in [6.07, 6.45) is 0. The molecule has 3 aromatic rings. The summed E-state index contributed by atoms with van der Waals surface area (Å²) >= 11 is 1.68. The van der Waals surface area contributed by atoms with Gasteiger partial charge in [-0.05, 0) is 42.6 Å². The molecule has 0 fully saturated rings. The molecule has 1 aliphatic rings. The quantitative estimate of drug-likeness (QED) is 0.585. The van der Waals surface area contributed by atoms with Crippen molar-refractivity contribution in [2.75, 3.05) is 31.7 Å². The minimum atomic E-state index is 0.0190. The van der Waals surface area contributed by atoms with Gasteiger partial charge in [0.25, 0.3) is 0 Å². The Kier molecular flexibility index (Phi) is 5.76. The zero-order valence-electron chi connectivity index (χ0n) is 16.6. The number of furan rings is 1. The summed E-state index contributed by atoms with van der Waals surface area (Å²) in [5, 5.41) is 2.05. The first-order chi connectivity index (χ1) is 14.1. The van der Waals surface area contributed by atoms with Crippen LogP contribution in [-0.4, -0.2) is 37.6 Å². The first kappa shape index (κ1) is 19.4. The van der Waals surface area contributed by atoms with E-state index < -0.39 is 0 Å². The molecule has 0 saturated carbocycles. The van der Waals surface area contributed by atoms with Crippen molar-refractivity contribution in [1.82, 2.24) is 4.90 Å². The highest BCUT2D eigenvalue weighted by atomic mass is 32.1. The van der Waals surface area contributed by atoms with Crippen molar-refractivity contribution in [3.05, 3.63) is 64.2 Å². The summed E-state index contributed by atoms with van der Waals surface area (Å²) < 4.78 is 17.0. The number of benzene rings is 1. The zero-order valence-corrected chi connectivity index (χ0v) is 17.4. The summed E-state index contributed by atoms with van der Waals surface area (Å²) in [5.41, 5.74) is 0.929.